The second kappa shape index (κ2) is 11.9. The lowest BCUT2D eigenvalue weighted by atomic mass is 10.0. The topological polar surface area (TPSA) is 12.0 Å². The van der Waals surface area contributed by atoms with Gasteiger partial charge in [0.25, 0.3) is 0 Å². The maximum absolute atomic E-state index is 3.60. The average Bonchev–Trinajstić information content (AvgIpc) is 2.37. The molecule has 0 aromatic heterocycles. The third-order valence-corrected chi connectivity index (χ3v) is 3.15. The molecule has 0 radical (unpaired) electrons. The molecule has 0 fully saturated rings. The van der Waals surface area contributed by atoms with Gasteiger partial charge in [-0.25, -0.2) is 0 Å². The number of hydrogen-bond acceptors (Lipinski definition) is 1. The van der Waals surface area contributed by atoms with E-state index in [0.717, 1.165) is 25.9 Å². The fourth-order valence-electron chi connectivity index (χ4n) is 1.81. The Hall–Kier alpha value is -0.560. The van der Waals surface area contributed by atoms with E-state index in [-0.39, 0.29) is 0 Å². The van der Waals surface area contributed by atoms with Gasteiger partial charge in [0, 0.05) is 13.1 Å². The minimum atomic E-state index is 0.697. The van der Waals surface area contributed by atoms with Gasteiger partial charge in [-0.15, -0.1) is 0 Å². The Kier molecular flexibility index (Phi) is 11.5. The lowest BCUT2D eigenvalue weighted by Crippen LogP contribution is -2.26. The van der Waals surface area contributed by atoms with Gasteiger partial charge in [0.05, 0.1) is 0 Å². The molecule has 0 bridgehead atoms. The molecule has 1 N–H and O–H groups in total. The standard InChI is InChI=1S/C16H31N/c1-5-9-11-15(7-3)13-17-14-16(8-4)12-10-6-2/h9-12,15-17H,5-8,13-14H2,1-4H3/b11-9+,12-10+. The van der Waals surface area contributed by atoms with Crippen molar-refractivity contribution >= 4 is 0 Å². The zero-order valence-electron chi connectivity index (χ0n) is 12.2. The molecule has 1 heteroatoms. The average molecular weight is 237 g/mol. The molecule has 0 spiro atoms. The van der Waals surface area contributed by atoms with Crippen molar-refractivity contribution in [2.75, 3.05) is 13.1 Å². The smallest absolute Gasteiger partial charge is 0.00143 e. The fraction of sp³-hybridized carbons (Fsp3) is 0.750. The highest BCUT2D eigenvalue weighted by Gasteiger charge is 2.04. The molecule has 0 aliphatic rings. The summed E-state index contributed by atoms with van der Waals surface area (Å²) < 4.78 is 0. The molecule has 0 aromatic carbocycles. The zero-order valence-corrected chi connectivity index (χ0v) is 12.2. The summed E-state index contributed by atoms with van der Waals surface area (Å²) in [4.78, 5) is 0. The molecule has 0 aromatic rings. The molecule has 0 aliphatic heterocycles. The van der Waals surface area contributed by atoms with Crippen LogP contribution in [0.5, 0.6) is 0 Å². The van der Waals surface area contributed by atoms with E-state index in [1.165, 1.54) is 12.8 Å². The Labute approximate surface area is 108 Å². The first-order valence-corrected chi connectivity index (χ1v) is 7.32. The highest BCUT2D eigenvalue weighted by Crippen LogP contribution is 2.06. The Morgan fingerprint density at radius 1 is 0.765 bits per heavy atom. The van der Waals surface area contributed by atoms with Gasteiger partial charge in [-0.3, -0.25) is 0 Å². The van der Waals surface area contributed by atoms with Gasteiger partial charge in [-0.2, -0.15) is 0 Å². The van der Waals surface area contributed by atoms with E-state index >= 15 is 0 Å². The van der Waals surface area contributed by atoms with Crippen molar-refractivity contribution in [1.82, 2.24) is 5.32 Å². The maximum Gasteiger partial charge on any atom is 0.00143 e. The van der Waals surface area contributed by atoms with E-state index < -0.39 is 0 Å². The minimum Gasteiger partial charge on any atom is -0.316 e. The molecular formula is C16H31N. The summed E-state index contributed by atoms with van der Waals surface area (Å²) in [5.41, 5.74) is 0. The van der Waals surface area contributed by atoms with Gasteiger partial charge >= 0.3 is 0 Å². The second-order valence-corrected chi connectivity index (χ2v) is 4.67. The summed E-state index contributed by atoms with van der Waals surface area (Å²) in [6, 6.07) is 0. The molecule has 2 unspecified atom stereocenters. The molecule has 1 nitrogen and oxygen atoms in total. The summed E-state index contributed by atoms with van der Waals surface area (Å²) in [5, 5.41) is 3.60. The van der Waals surface area contributed by atoms with Crippen LogP contribution in [-0.4, -0.2) is 13.1 Å². The van der Waals surface area contributed by atoms with Crippen LogP contribution in [0.15, 0.2) is 24.3 Å². The highest BCUT2D eigenvalue weighted by atomic mass is 14.9. The second-order valence-electron chi connectivity index (χ2n) is 4.67. The van der Waals surface area contributed by atoms with Crippen LogP contribution in [0.3, 0.4) is 0 Å². The third kappa shape index (κ3) is 9.17. The zero-order chi connectivity index (χ0) is 12.9. The van der Waals surface area contributed by atoms with E-state index in [0.29, 0.717) is 11.8 Å². The van der Waals surface area contributed by atoms with Gasteiger partial charge in [-0.05, 0) is 37.5 Å². The van der Waals surface area contributed by atoms with Crippen molar-refractivity contribution in [2.24, 2.45) is 11.8 Å². The van der Waals surface area contributed by atoms with Gasteiger partial charge < -0.3 is 5.32 Å². The lowest BCUT2D eigenvalue weighted by molar-refractivity contribution is 0.490. The van der Waals surface area contributed by atoms with E-state index in [1.807, 2.05) is 0 Å². The normalized spacial score (nSPS) is 15.8. The number of rotatable bonds is 10. The summed E-state index contributed by atoms with van der Waals surface area (Å²) >= 11 is 0. The third-order valence-electron chi connectivity index (χ3n) is 3.15. The van der Waals surface area contributed by atoms with Gasteiger partial charge in [0.2, 0.25) is 0 Å². The summed E-state index contributed by atoms with van der Waals surface area (Å²) in [6.07, 6.45) is 14.0. The van der Waals surface area contributed by atoms with Crippen molar-refractivity contribution in [3.8, 4) is 0 Å². The number of hydrogen-bond donors (Lipinski definition) is 1. The Bertz CT molecular complexity index is 184. The molecular weight excluding hydrogens is 206 g/mol. The van der Waals surface area contributed by atoms with Crippen molar-refractivity contribution in [1.29, 1.82) is 0 Å². The van der Waals surface area contributed by atoms with Crippen molar-refractivity contribution < 1.29 is 0 Å². The van der Waals surface area contributed by atoms with Crippen LogP contribution in [0.25, 0.3) is 0 Å². The molecule has 2 atom stereocenters. The van der Waals surface area contributed by atoms with Gasteiger partial charge in [0.1, 0.15) is 0 Å². The number of nitrogens with one attached hydrogen (secondary N) is 1. The van der Waals surface area contributed by atoms with E-state index in [4.69, 9.17) is 0 Å². The first-order valence-electron chi connectivity index (χ1n) is 7.32. The van der Waals surface area contributed by atoms with E-state index in [2.05, 4.69) is 57.3 Å². The van der Waals surface area contributed by atoms with E-state index in [9.17, 15) is 0 Å². The minimum absolute atomic E-state index is 0.697. The highest BCUT2D eigenvalue weighted by molar-refractivity contribution is 4.90. The van der Waals surface area contributed by atoms with Crippen LogP contribution in [0, 0.1) is 11.8 Å². The quantitative estimate of drug-likeness (QED) is 0.549. The van der Waals surface area contributed by atoms with E-state index in [1.54, 1.807) is 0 Å². The molecule has 17 heavy (non-hydrogen) atoms. The Morgan fingerprint density at radius 2 is 1.18 bits per heavy atom. The SMILES string of the molecule is CC/C=C/C(CC)CNCC(/C=C/CC)CC. The number of allylic oxidation sites excluding steroid dienone is 2. The van der Waals surface area contributed by atoms with Crippen LogP contribution in [0.2, 0.25) is 0 Å². The monoisotopic (exact) mass is 237 g/mol. The molecule has 0 saturated carbocycles. The lowest BCUT2D eigenvalue weighted by Gasteiger charge is -2.15. The van der Waals surface area contributed by atoms with Crippen molar-refractivity contribution in [2.45, 2.75) is 53.4 Å². The fourth-order valence-corrected chi connectivity index (χ4v) is 1.81. The van der Waals surface area contributed by atoms with Gasteiger partial charge in [0.15, 0.2) is 0 Å². The molecule has 100 valence electrons. The molecule has 0 amide bonds. The molecule has 0 rings (SSSR count). The predicted molar refractivity (Wildman–Crippen MR) is 79.3 cm³/mol. The summed E-state index contributed by atoms with van der Waals surface area (Å²) in [6.45, 7) is 11.1. The largest absolute Gasteiger partial charge is 0.316 e. The van der Waals surface area contributed by atoms with Crippen molar-refractivity contribution in [3.05, 3.63) is 24.3 Å². The van der Waals surface area contributed by atoms with Crippen LogP contribution in [0.1, 0.15) is 53.4 Å². The van der Waals surface area contributed by atoms with Gasteiger partial charge in [-0.1, -0.05) is 52.0 Å². The first-order chi connectivity index (χ1) is 8.28. The molecule has 0 heterocycles. The summed E-state index contributed by atoms with van der Waals surface area (Å²) in [5.74, 6) is 1.39. The maximum atomic E-state index is 3.60. The molecule has 0 aliphatic carbocycles. The predicted octanol–water partition coefficient (Wildman–Crippen LogP) is 4.56. The van der Waals surface area contributed by atoms with Crippen LogP contribution < -0.4 is 5.32 Å². The first kappa shape index (κ1) is 16.4. The Balaban J connectivity index is 3.84. The molecule has 0 saturated heterocycles. The van der Waals surface area contributed by atoms with Crippen LogP contribution >= 0.6 is 0 Å². The Morgan fingerprint density at radius 3 is 1.47 bits per heavy atom. The van der Waals surface area contributed by atoms with Crippen LogP contribution in [-0.2, 0) is 0 Å². The van der Waals surface area contributed by atoms with Crippen LogP contribution in [0.4, 0.5) is 0 Å². The van der Waals surface area contributed by atoms with Crippen molar-refractivity contribution in [3.63, 3.8) is 0 Å². The summed E-state index contributed by atoms with van der Waals surface area (Å²) in [7, 11) is 0.